The minimum absolute atomic E-state index is 0.252. The van der Waals surface area contributed by atoms with Crippen molar-refractivity contribution in [2.24, 2.45) is 0 Å². The van der Waals surface area contributed by atoms with Crippen LogP contribution in [0.4, 0.5) is 5.69 Å². The van der Waals surface area contributed by atoms with Crippen LogP contribution in [0.2, 0.25) is 5.02 Å². The second kappa shape index (κ2) is 5.35. The average molecular weight is 317 g/mol. The summed E-state index contributed by atoms with van der Waals surface area (Å²) in [7, 11) is 0. The highest BCUT2D eigenvalue weighted by Crippen LogP contribution is 2.37. The second-order valence-corrected chi connectivity index (χ2v) is 5.39. The van der Waals surface area contributed by atoms with Gasteiger partial charge in [-0.05, 0) is 30.3 Å². The molecule has 0 bridgehead atoms. The van der Waals surface area contributed by atoms with Crippen molar-refractivity contribution < 1.29 is 14.3 Å². The van der Waals surface area contributed by atoms with E-state index >= 15 is 0 Å². The molecule has 0 unspecified atom stereocenters. The number of nitrogens with one attached hydrogen (secondary N) is 2. The van der Waals surface area contributed by atoms with Crippen molar-refractivity contribution in [3.63, 3.8) is 0 Å². The van der Waals surface area contributed by atoms with Crippen LogP contribution in [0.25, 0.3) is 21.8 Å². The summed E-state index contributed by atoms with van der Waals surface area (Å²) >= 11 is 6.05. The zero-order chi connectivity index (χ0) is 15.9. The fourth-order valence-corrected chi connectivity index (χ4v) is 2.63. The van der Waals surface area contributed by atoms with Gasteiger partial charge in [-0.3, -0.25) is 9.59 Å². The maximum atomic E-state index is 11.5. The summed E-state index contributed by atoms with van der Waals surface area (Å²) in [6, 6.07) is 8.97. The molecule has 6 heteroatoms. The number of fused-ring (bicyclic) bond motifs is 3. The summed E-state index contributed by atoms with van der Waals surface area (Å²) in [4.78, 5) is 25.9. The first-order chi connectivity index (χ1) is 10.5. The third-order valence-electron chi connectivity index (χ3n) is 3.25. The van der Waals surface area contributed by atoms with Gasteiger partial charge in [0.2, 0.25) is 5.91 Å². The van der Waals surface area contributed by atoms with Crippen molar-refractivity contribution >= 4 is 51.0 Å². The maximum Gasteiger partial charge on any atom is 0.308 e. The van der Waals surface area contributed by atoms with Crippen molar-refractivity contribution in [3.8, 4) is 5.75 Å². The van der Waals surface area contributed by atoms with Crippen molar-refractivity contribution in [2.45, 2.75) is 13.8 Å². The van der Waals surface area contributed by atoms with Crippen LogP contribution in [0.5, 0.6) is 5.75 Å². The Bertz CT molecular complexity index is 915. The summed E-state index contributed by atoms with van der Waals surface area (Å²) in [6.45, 7) is 2.71. The van der Waals surface area contributed by atoms with Gasteiger partial charge in [-0.25, -0.2) is 0 Å². The van der Waals surface area contributed by atoms with Crippen molar-refractivity contribution in [3.05, 3.63) is 35.4 Å². The lowest BCUT2D eigenvalue weighted by atomic mass is 10.1. The van der Waals surface area contributed by atoms with Crippen LogP contribution in [-0.2, 0) is 9.59 Å². The van der Waals surface area contributed by atoms with Crippen molar-refractivity contribution in [2.75, 3.05) is 5.32 Å². The minimum Gasteiger partial charge on any atom is -0.424 e. The first-order valence-corrected chi connectivity index (χ1v) is 7.03. The Labute approximate surface area is 131 Å². The van der Waals surface area contributed by atoms with Gasteiger partial charge in [-0.2, -0.15) is 0 Å². The number of rotatable bonds is 2. The number of carbonyl (C=O) groups excluding carboxylic acids is 2. The number of benzene rings is 2. The Morgan fingerprint density at radius 1 is 1.14 bits per heavy atom. The molecule has 112 valence electrons. The number of H-pyrrole nitrogens is 1. The second-order valence-electron chi connectivity index (χ2n) is 4.95. The van der Waals surface area contributed by atoms with Crippen LogP contribution in [0.15, 0.2) is 30.3 Å². The van der Waals surface area contributed by atoms with Gasteiger partial charge < -0.3 is 15.0 Å². The molecule has 0 fully saturated rings. The Hall–Kier alpha value is -2.53. The molecule has 0 radical (unpaired) electrons. The summed E-state index contributed by atoms with van der Waals surface area (Å²) in [5.74, 6) is -0.407. The SMILES string of the molecule is CC(=O)Nc1c(OC(C)=O)ccc2c1[nH]c1ccc(Cl)cc12. The molecule has 2 N–H and O–H groups in total. The molecule has 0 aliphatic rings. The van der Waals surface area contributed by atoms with E-state index in [1.807, 2.05) is 18.2 Å². The number of aromatic amines is 1. The van der Waals surface area contributed by atoms with Crippen LogP contribution in [0, 0.1) is 0 Å². The lowest BCUT2D eigenvalue weighted by Crippen LogP contribution is -2.10. The minimum atomic E-state index is -0.454. The average Bonchev–Trinajstić information content (AvgIpc) is 2.78. The van der Waals surface area contributed by atoms with Gasteiger partial charge in [0.25, 0.3) is 0 Å². The zero-order valence-electron chi connectivity index (χ0n) is 12.0. The third-order valence-corrected chi connectivity index (χ3v) is 3.49. The largest absolute Gasteiger partial charge is 0.424 e. The number of esters is 1. The highest BCUT2D eigenvalue weighted by Gasteiger charge is 2.16. The lowest BCUT2D eigenvalue weighted by Gasteiger charge is -2.10. The summed E-state index contributed by atoms with van der Waals surface area (Å²) < 4.78 is 5.17. The first-order valence-electron chi connectivity index (χ1n) is 6.65. The van der Waals surface area contributed by atoms with E-state index in [0.29, 0.717) is 22.0 Å². The molecule has 0 atom stereocenters. The number of carbonyl (C=O) groups is 2. The topological polar surface area (TPSA) is 71.2 Å². The molecule has 22 heavy (non-hydrogen) atoms. The number of amides is 1. The number of hydrogen-bond acceptors (Lipinski definition) is 3. The summed E-state index contributed by atoms with van der Waals surface area (Å²) in [5, 5.41) is 5.16. The molecule has 0 spiro atoms. The highest BCUT2D eigenvalue weighted by molar-refractivity contribution is 6.32. The van der Waals surface area contributed by atoms with E-state index < -0.39 is 5.97 Å². The lowest BCUT2D eigenvalue weighted by molar-refractivity contribution is -0.131. The monoisotopic (exact) mass is 316 g/mol. The highest BCUT2D eigenvalue weighted by atomic mass is 35.5. The van der Waals surface area contributed by atoms with Gasteiger partial charge >= 0.3 is 5.97 Å². The van der Waals surface area contributed by atoms with Crippen LogP contribution in [0.3, 0.4) is 0 Å². The van der Waals surface area contributed by atoms with Crippen molar-refractivity contribution in [1.29, 1.82) is 0 Å². The van der Waals surface area contributed by atoms with E-state index in [9.17, 15) is 9.59 Å². The Morgan fingerprint density at radius 2 is 1.91 bits per heavy atom. The third kappa shape index (κ3) is 2.51. The molecule has 3 aromatic rings. The molecule has 2 aromatic carbocycles. The van der Waals surface area contributed by atoms with Crippen LogP contribution >= 0.6 is 11.6 Å². The van der Waals surface area contributed by atoms with Crippen LogP contribution in [-0.4, -0.2) is 16.9 Å². The standard InChI is InChI=1S/C16H13ClN2O3/c1-8(20)18-16-14(22-9(2)21)6-4-11-12-7-10(17)3-5-13(12)19-15(11)16/h3-7,19H,1-2H3,(H,18,20). The normalized spacial score (nSPS) is 10.9. The zero-order valence-corrected chi connectivity index (χ0v) is 12.7. The smallest absolute Gasteiger partial charge is 0.308 e. The van der Waals surface area contributed by atoms with Gasteiger partial charge in [0.05, 0.1) is 5.52 Å². The van der Waals surface area contributed by atoms with Crippen LogP contribution < -0.4 is 10.1 Å². The van der Waals surface area contributed by atoms with E-state index in [2.05, 4.69) is 10.3 Å². The number of halogens is 1. The summed E-state index contributed by atoms with van der Waals surface area (Å²) in [6.07, 6.45) is 0. The first kappa shape index (κ1) is 14.4. The fourth-order valence-electron chi connectivity index (χ4n) is 2.46. The number of aromatic nitrogens is 1. The quantitative estimate of drug-likeness (QED) is 0.557. The fraction of sp³-hybridized carbons (Fsp3) is 0.125. The van der Waals surface area contributed by atoms with Gasteiger partial charge in [-0.15, -0.1) is 0 Å². The molecule has 1 heterocycles. The number of ether oxygens (including phenoxy) is 1. The molecule has 3 rings (SSSR count). The predicted molar refractivity (Wildman–Crippen MR) is 86.4 cm³/mol. The van der Waals surface area contributed by atoms with E-state index in [4.69, 9.17) is 16.3 Å². The van der Waals surface area contributed by atoms with E-state index in [0.717, 1.165) is 16.3 Å². The molecule has 0 aliphatic carbocycles. The van der Waals surface area contributed by atoms with E-state index in [1.54, 1.807) is 12.1 Å². The van der Waals surface area contributed by atoms with Gasteiger partial charge in [-0.1, -0.05) is 11.6 Å². The molecular formula is C16H13ClN2O3. The van der Waals surface area contributed by atoms with Gasteiger partial charge in [0.15, 0.2) is 5.75 Å². The van der Waals surface area contributed by atoms with Gasteiger partial charge in [0, 0.05) is 35.2 Å². The molecule has 0 saturated carbocycles. The molecule has 1 amide bonds. The van der Waals surface area contributed by atoms with E-state index in [1.165, 1.54) is 13.8 Å². The molecule has 0 saturated heterocycles. The molecule has 1 aromatic heterocycles. The molecule has 5 nitrogen and oxygen atoms in total. The number of hydrogen-bond donors (Lipinski definition) is 2. The molecule has 0 aliphatic heterocycles. The van der Waals surface area contributed by atoms with Crippen molar-refractivity contribution in [1.82, 2.24) is 4.98 Å². The van der Waals surface area contributed by atoms with E-state index in [-0.39, 0.29) is 5.91 Å². The predicted octanol–water partition coefficient (Wildman–Crippen LogP) is 3.86. The van der Waals surface area contributed by atoms with Gasteiger partial charge in [0.1, 0.15) is 5.69 Å². The van der Waals surface area contributed by atoms with Crippen LogP contribution in [0.1, 0.15) is 13.8 Å². The maximum absolute atomic E-state index is 11.5. The molecular weight excluding hydrogens is 304 g/mol. The summed E-state index contributed by atoms with van der Waals surface area (Å²) in [5.41, 5.74) is 2.00. The Morgan fingerprint density at radius 3 is 2.59 bits per heavy atom. The Kier molecular flexibility index (Phi) is 3.50. The number of anilines is 1. The Balaban J connectivity index is 2.32.